The Bertz CT molecular complexity index is 627. The van der Waals surface area contributed by atoms with Crippen molar-refractivity contribution in [2.45, 2.75) is 19.4 Å². The molecule has 1 aromatic heterocycles. The molecule has 0 amide bonds. The molecule has 4 heteroatoms. The second-order valence-corrected chi connectivity index (χ2v) is 4.45. The minimum absolute atomic E-state index is 0.260. The zero-order chi connectivity index (χ0) is 12.7. The third-order valence-electron chi connectivity index (χ3n) is 3.56. The van der Waals surface area contributed by atoms with E-state index in [1.807, 2.05) is 18.2 Å². The summed E-state index contributed by atoms with van der Waals surface area (Å²) in [7, 11) is 3.05. The summed E-state index contributed by atoms with van der Waals surface area (Å²) >= 11 is 0. The lowest BCUT2D eigenvalue weighted by atomic mass is 10.1. The first kappa shape index (κ1) is 11.1. The molecule has 94 valence electrons. The molecule has 0 aliphatic carbocycles. The predicted octanol–water partition coefficient (Wildman–Crippen LogP) is 2.38. The van der Waals surface area contributed by atoms with Crippen molar-refractivity contribution in [1.29, 1.82) is 0 Å². The Kier molecular flexibility index (Phi) is 2.51. The zero-order valence-electron chi connectivity index (χ0n) is 10.5. The van der Waals surface area contributed by atoms with E-state index in [1.54, 1.807) is 7.11 Å². The molecule has 3 rings (SSSR count). The van der Waals surface area contributed by atoms with Crippen molar-refractivity contribution >= 4 is 16.9 Å². The van der Waals surface area contributed by atoms with Crippen LogP contribution in [0.25, 0.3) is 10.9 Å². The van der Waals surface area contributed by atoms with Crippen molar-refractivity contribution in [3.63, 3.8) is 0 Å². The van der Waals surface area contributed by atoms with Gasteiger partial charge >= 0.3 is 5.97 Å². The predicted molar refractivity (Wildman–Crippen MR) is 68.2 cm³/mol. The molecular weight excluding hydrogens is 230 g/mol. The lowest BCUT2D eigenvalue weighted by Crippen LogP contribution is -2.04. The van der Waals surface area contributed by atoms with E-state index in [1.165, 1.54) is 7.11 Å². The number of rotatable bonds is 2. The van der Waals surface area contributed by atoms with Gasteiger partial charge in [-0.2, -0.15) is 0 Å². The number of fused-ring (bicyclic) bond motifs is 3. The summed E-state index contributed by atoms with van der Waals surface area (Å²) in [6.07, 6.45) is 2.02. The van der Waals surface area contributed by atoms with Crippen molar-refractivity contribution in [2.75, 3.05) is 14.2 Å². The van der Waals surface area contributed by atoms with Gasteiger partial charge in [0.25, 0.3) is 0 Å². The molecule has 0 spiro atoms. The average Bonchev–Trinajstić information content (AvgIpc) is 2.97. The second kappa shape index (κ2) is 4.05. The van der Waals surface area contributed by atoms with E-state index >= 15 is 0 Å². The van der Waals surface area contributed by atoms with Crippen LogP contribution in [0, 0.1) is 0 Å². The third-order valence-corrected chi connectivity index (χ3v) is 3.56. The molecule has 2 aromatic rings. The van der Waals surface area contributed by atoms with Gasteiger partial charge in [-0.15, -0.1) is 0 Å². The Morgan fingerprint density at radius 2 is 2.17 bits per heavy atom. The monoisotopic (exact) mass is 245 g/mol. The van der Waals surface area contributed by atoms with Crippen molar-refractivity contribution in [3.8, 4) is 5.75 Å². The van der Waals surface area contributed by atoms with E-state index in [4.69, 9.17) is 9.47 Å². The van der Waals surface area contributed by atoms with Crippen molar-refractivity contribution < 1.29 is 14.3 Å². The Labute approximate surface area is 105 Å². The maximum Gasteiger partial charge on any atom is 0.340 e. The summed E-state index contributed by atoms with van der Waals surface area (Å²) in [5.74, 6) is 0.501. The molecule has 0 bridgehead atoms. The number of hydrogen-bond donors (Lipinski definition) is 0. The summed E-state index contributed by atoms with van der Waals surface area (Å²) < 4.78 is 12.3. The van der Waals surface area contributed by atoms with Crippen LogP contribution in [-0.2, 0) is 17.7 Å². The molecule has 2 heterocycles. The Morgan fingerprint density at radius 3 is 2.89 bits per heavy atom. The lowest BCUT2D eigenvalue weighted by Gasteiger charge is -2.02. The van der Waals surface area contributed by atoms with Gasteiger partial charge in [-0.25, -0.2) is 4.79 Å². The lowest BCUT2D eigenvalue weighted by molar-refractivity contribution is 0.0602. The minimum atomic E-state index is -0.260. The molecule has 1 aliphatic heterocycles. The number of ether oxygens (including phenoxy) is 2. The van der Waals surface area contributed by atoms with Gasteiger partial charge in [0.05, 0.1) is 19.8 Å². The second-order valence-electron chi connectivity index (χ2n) is 4.45. The van der Waals surface area contributed by atoms with Gasteiger partial charge < -0.3 is 14.0 Å². The highest BCUT2D eigenvalue weighted by atomic mass is 16.5. The van der Waals surface area contributed by atoms with Crippen LogP contribution in [0.4, 0.5) is 0 Å². The number of hydrogen-bond acceptors (Lipinski definition) is 3. The normalized spacial score (nSPS) is 13.7. The van der Waals surface area contributed by atoms with Crippen molar-refractivity contribution in [1.82, 2.24) is 4.57 Å². The van der Waals surface area contributed by atoms with Gasteiger partial charge in [0.2, 0.25) is 0 Å². The van der Waals surface area contributed by atoms with E-state index in [0.29, 0.717) is 5.56 Å². The first-order valence-electron chi connectivity index (χ1n) is 6.03. The number of methoxy groups -OCH3 is 2. The number of carbonyl (C=O) groups excluding carboxylic acids is 1. The molecule has 0 radical (unpaired) electrons. The van der Waals surface area contributed by atoms with E-state index < -0.39 is 0 Å². The smallest absolute Gasteiger partial charge is 0.340 e. The quantitative estimate of drug-likeness (QED) is 0.763. The summed E-state index contributed by atoms with van der Waals surface area (Å²) in [6.45, 7) is 0.967. The van der Waals surface area contributed by atoms with Gasteiger partial charge in [0, 0.05) is 23.1 Å². The fraction of sp³-hybridized carbons (Fsp3) is 0.357. The molecule has 0 N–H and O–H groups in total. The topological polar surface area (TPSA) is 40.5 Å². The van der Waals surface area contributed by atoms with E-state index in [2.05, 4.69) is 4.57 Å². The highest BCUT2D eigenvalue weighted by Gasteiger charge is 2.26. The largest absolute Gasteiger partial charge is 0.497 e. The number of nitrogens with zero attached hydrogens (tertiary/aromatic N) is 1. The first-order chi connectivity index (χ1) is 8.76. The molecule has 1 aromatic carbocycles. The van der Waals surface area contributed by atoms with Crippen LogP contribution < -0.4 is 4.74 Å². The molecule has 0 unspecified atom stereocenters. The summed E-state index contributed by atoms with van der Waals surface area (Å²) in [4.78, 5) is 12.0. The minimum Gasteiger partial charge on any atom is -0.497 e. The zero-order valence-corrected chi connectivity index (χ0v) is 10.5. The molecule has 0 saturated heterocycles. The summed E-state index contributed by atoms with van der Waals surface area (Å²) in [5.41, 5.74) is 2.87. The van der Waals surface area contributed by atoms with Gasteiger partial charge in [0.1, 0.15) is 5.75 Å². The average molecular weight is 245 g/mol. The van der Waals surface area contributed by atoms with Crippen LogP contribution >= 0.6 is 0 Å². The molecular formula is C14H15NO3. The molecule has 18 heavy (non-hydrogen) atoms. The number of esters is 1. The molecule has 1 aliphatic rings. The number of benzene rings is 1. The Hall–Kier alpha value is -1.97. The van der Waals surface area contributed by atoms with Crippen LogP contribution in [0.5, 0.6) is 5.75 Å². The van der Waals surface area contributed by atoms with Crippen LogP contribution in [0.15, 0.2) is 18.2 Å². The van der Waals surface area contributed by atoms with Crippen molar-refractivity contribution in [3.05, 3.63) is 29.5 Å². The summed E-state index contributed by atoms with van der Waals surface area (Å²) in [5, 5.41) is 0.927. The first-order valence-corrected chi connectivity index (χ1v) is 6.03. The van der Waals surface area contributed by atoms with Crippen LogP contribution in [-0.4, -0.2) is 24.8 Å². The fourth-order valence-electron chi connectivity index (χ4n) is 2.76. The number of aryl methyl sites for hydroxylation is 1. The van der Waals surface area contributed by atoms with Crippen LogP contribution in [0.1, 0.15) is 22.5 Å². The molecule has 0 saturated carbocycles. The van der Waals surface area contributed by atoms with Crippen molar-refractivity contribution in [2.24, 2.45) is 0 Å². The third kappa shape index (κ3) is 1.41. The number of aromatic nitrogens is 1. The maximum atomic E-state index is 12.0. The number of carbonyl (C=O) groups is 1. The van der Waals surface area contributed by atoms with E-state index in [9.17, 15) is 4.79 Å². The molecule has 0 fully saturated rings. The Morgan fingerprint density at radius 1 is 1.33 bits per heavy atom. The van der Waals surface area contributed by atoms with E-state index in [0.717, 1.165) is 41.7 Å². The van der Waals surface area contributed by atoms with Gasteiger partial charge in [0.15, 0.2) is 0 Å². The Balaban J connectivity index is 2.33. The summed E-state index contributed by atoms with van der Waals surface area (Å²) in [6, 6.07) is 5.84. The van der Waals surface area contributed by atoms with Gasteiger partial charge in [-0.1, -0.05) is 0 Å². The van der Waals surface area contributed by atoms with E-state index in [-0.39, 0.29) is 5.97 Å². The highest BCUT2D eigenvalue weighted by Crippen LogP contribution is 2.33. The van der Waals surface area contributed by atoms with Gasteiger partial charge in [-0.3, -0.25) is 0 Å². The molecule has 0 atom stereocenters. The maximum absolute atomic E-state index is 12.0. The van der Waals surface area contributed by atoms with Crippen LogP contribution in [0.2, 0.25) is 0 Å². The molecule has 4 nitrogen and oxygen atoms in total. The highest BCUT2D eigenvalue weighted by molar-refractivity contribution is 6.06. The SMILES string of the molecule is COC(=O)c1c2n(c3ccc(OC)cc13)CCC2. The fourth-order valence-corrected chi connectivity index (χ4v) is 2.76. The van der Waals surface area contributed by atoms with Gasteiger partial charge in [-0.05, 0) is 31.0 Å². The standard InChI is InChI=1S/C14H15NO3/c1-17-9-5-6-11-10(8-9)13(14(16)18-2)12-4-3-7-15(11)12/h5-6,8H,3-4,7H2,1-2H3. The van der Waals surface area contributed by atoms with Crippen LogP contribution in [0.3, 0.4) is 0 Å².